The lowest BCUT2D eigenvalue weighted by atomic mass is 10.2. The van der Waals surface area contributed by atoms with Gasteiger partial charge in [0.05, 0.1) is 17.6 Å². The molecule has 1 aromatic carbocycles. The largest absolute Gasteiger partial charge is 0.328 e. The first kappa shape index (κ1) is 18.1. The number of fused-ring (bicyclic) bond motifs is 1. The third-order valence-corrected chi connectivity index (χ3v) is 4.36. The van der Waals surface area contributed by atoms with Gasteiger partial charge in [0.25, 0.3) is 0 Å². The van der Waals surface area contributed by atoms with E-state index in [1.165, 1.54) is 0 Å². The van der Waals surface area contributed by atoms with Crippen molar-refractivity contribution in [1.82, 2.24) is 19.4 Å². The molecule has 2 aromatic heterocycles. The second kappa shape index (κ2) is 8.10. The quantitative estimate of drug-likeness (QED) is 0.710. The Labute approximate surface area is 153 Å². The van der Waals surface area contributed by atoms with Crippen LogP contribution in [0.1, 0.15) is 25.2 Å². The number of hydrogen-bond donors (Lipinski definition) is 1. The Bertz CT molecular complexity index is 888. The fourth-order valence-electron chi connectivity index (χ4n) is 3.18. The minimum atomic E-state index is -0.0356. The predicted molar refractivity (Wildman–Crippen MR) is 104 cm³/mol. The van der Waals surface area contributed by atoms with Crippen molar-refractivity contribution in [2.45, 2.75) is 33.4 Å². The van der Waals surface area contributed by atoms with Crippen LogP contribution in [0.15, 0.2) is 42.7 Å². The van der Waals surface area contributed by atoms with Crippen LogP contribution in [0.5, 0.6) is 0 Å². The van der Waals surface area contributed by atoms with Crippen molar-refractivity contribution >= 4 is 22.6 Å². The zero-order valence-corrected chi connectivity index (χ0v) is 15.6. The molecule has 2 heterocycles. The van der Waals surface area contributed by atoms with Crippen LogP contribution in [0.4, 0.5) is 5.69 Å². The van der Waals surface area contributed by atoms with Gasteiger partial charge in [0, 0.05) is 37.6 Å². The standard InChI is InChI=1S/C20H25N5O/c1-4-19-23-17-12-16(6-7-18(17)25(19)5-2)22-20(26)14-24(3)13-15-8-10-21-11-9-15/h6-12H,4-5,13-14H2,1-3H3,(H,22,26). The maximum absolute atomic E-state index is 12.3. The molecule has 0 atom stereocenters. The SMILES string of the molecule is CCc1nc2cc(NC(=O)CN(C)Cc3ccncc3)ccc2n1CC. The van der Waals surface area contributed by atoms with Crippen molar-refractivity contribution in [1.29, 1.82) is 0 Å². The predicted octanol–water partition coefficient (Wildman–Crippen LogP) is 3.08. The van der Waals surface area contributed by atoms with E-state index in [4.69, 9.17) is 0 Å². The molecular weight excluding hydrogens is 326 g/mol. The molecule has 0 unspecified atom stereocenters. The van der Waals surface area contributed by atoms with Gasteiger partial charge in [-0.1, -0.05) is 6.92 Å². The molecule has 0 aliphatic heterocycles. The Kier molecular flexibility index (Phi) is 5.63. The van der Waals surface area contributed by atoms with Gasteiger partial charge >= 0.3 is 0 Å². The van der Waals surface area contributed by atoms with Gasteiger partial charge in [-0.3, -0.25) is 14.7 Å². The second-order valence-corrected chi connectivity index (χ2v) is 6.41. The summed E-state index contributed by atoms with van der Waals surface area (Å²) in [5.74, 6) is 1.04. The molecule has 136 valence electrons. The van der Waals surface area contributed by atoms with Crippen LogP contribution in [-0.4, -0.2) is 38.9 Å². The monoisotopic (exact) mass is 351 g/mol. The highest BCUT2D eigenvalue weighted by molar-refractivity contribution is 5.94. The fourth-order valence-corrected chi connectivity index (χ4v) is 3.18. The molecule has 0 radical (unpaired) electrons. The first-order chi connectivity index (χ1) is 12.6. The van der Waals surface area contributed by atoms with Crippen molar-refractivity contribution in [3.05, 3.63) is 54.1 Å². The number of pyridine rings is 1. The number of hydrogen-bond acceptors (Lipinski definition) is 4. The van der Waals surface area contributed by atoms with E-state index in [-0.39, 0.29) is 5.91 Å². The maximum Gasteiger partial charge on any atom is 0.238 e. The summed E-state index contributed by atoms with van der Waals surface area (Å²) in [7, 11) is 1.93. The molecule has 3 rings (SSSR count). The van der Waals surface area contributed by atoms with Crippen LogP contribution >= 0.6 is 0 Å². The van der Waals surface area contributed by atoms with Crippen molar-refractivity contribution in [3.8, 4) is 0 Å². The number of anilines is 1. The van der Waals surface area contributed by atoms with Crippen LogP contribution in [-0.2, 0) is 24.3 Å². The number of amides is 1. The summed E-state index contributed by atoms with van der Waals surface area (Å²) < 4.78 is 2.21. The zero-order chi connectivity index (χ0) is 18.5. The Morgan fingerprint density at radius 3 is 2.65 bits per heavy atom. The molecule has 0 fully saturated rings. The molecule has 1 amide bonds. The molecule has 0 saturated carbocycles. The number of aryl methyl sites for hydroxylation is 2. The van der Waals surface area contributed by atoms with Crippen molar-refractivity contribution in [3.63, 3.8) is 0 Å². The summed E-state index contributed by atoms with van der Waals surface area (Å²) >= 11 is 0. The lowest BCUT2D eigenvalue weighted by Crippen LogP contribution is -2.29. The number of imidazole rings is 1. The Morgan fingerprint density at radius 1 is 1.19 bits per heavy atom. The molecule has 3 aromatic rings. The van der Waals surface area contributed by atoms with E-state index in [9.17, 15) is 4.79 Å². The highest BCUT2D eigenvalue weighted by Crippen LogP contribution is 2.21. The number of nitrogens with one attached hydrogen (secondary N) is 1. The lowest BCUT2D eigenvalue weighted by Gasteiger charge is -2.16. The number of aromatic nitrogens is 3. The normalized spacial score (nSPS) is 11.2. The molecule has 0 bridgehead atoms. The van der Waals surface area contributed by atoms with Crippen LogP contribution in [0.25, 0.3) is 11.0 Å². The summed E-state index contributed by atoms with van der Waals surface area (Å²) in [5, 5.41) is 2.97. The number of benzene rings is 1. The van der Waals surface area contributed by atoms with Crippen LogP contribution < -0.4 is 5.32 Å². The average Bonchev–Trinajstić information content (AvgIpc) is 2.99. The van der Waals surface area contributed by atoms with E-state index in [0.717, 1.165) is 41.1 Å². The summed E-state index contributed by atoms with van der Waals surface area (Å²) in [6, 6.07) is 9.83. The maximum atomic E-state index is 12.3. The summed E-state index contributed by atoms with van der Waals surface area (Å²) in [6.45, 7) is 6.15. The number of carbonyl (C=O) groups excluding carboxylic acids is 1. The number of likely N-dealkylation sites (N-methyl/N-ethyl adjacent to an activating group) is 1. The van der Waals surface area contributed by atoms with E-state index in [2.05, 4.69) is 33.7 Å². The third kappa shape index (κ3) is 4.08. The van der Waals surface area contributed by atoms with Crippen LogP contribution in [0, 0.1) is 0 Å². The van der Waals surface area contributed by atoms with Crippen LogP contribution in [0.3, 0.4) is 0 Å². The summed E-state index contributed by atoms with van der Waals surface area (Å²) in [6.07, 6.45) is 4.42. The summed E-state index contributed by atoms with van der Waals surface area (Å²) in [4.78, 5) is 23.0. The third-order valence-electron chi connectivity index (χ3n) is 4.36. The van der Waals surface area contributed by atoms with Crippen molar-refractivity contribution < 1.29 is 4.79 Å². The minimum Gasteiger partial charge on any atom is -0.328 e. The first-order valence-electron chi connectivity index (χ1n) is 8.97. The van der Waals surface area contributed by atoms with E-state index < -0.39 is 0 Å². The van der Waals surface area contributed by atoms with E-state index >= 15 is 0 Å². The first-order valence-corrected chi connectivity index (χ1v) is 8.97. The van der Waals surface area contributed by atoms with Crippen molar-refractivity contribution in [2.75, 3.05) is 18.9 Å². The second-order valence-electron chi connectivity index (χ2n) is 6.41. The van der Waals surface area contributed by atoms with E-state index in [0.29, 0.717) is 13.1 Å². The van der Waals surface area contributed by atoms with Gasteiger partial charge in [-0.2, -0.15) is 0 Å². The van der Waals surface area contributed by atoms with Gasteiger partial charge < -0.3 is 9.88 Å². The number of carbonyl (C=O) groups is 1. The highest BCUT2D eigenvalue weighted by atomic mass is 16.2. The Morgan fingerprint density at radius 2 is 1.96 bits per heavy atom. The minimum absolute atomic E-state index is 0.0356. The van der Waals surface area contributed by atoms with Gasteiger partial charge in [0.15, 0.2) is 0 Å². The fraction of sp³-hybridized carbons (Fsp3) is 0.350. The topological polar surface area (TPSA) is 63.1 Å². The lowest BCUT2D eigenvalue weighted by molar-refractivity contribution is -0.117. The molecule has 1 N–H and O–H groups in total. The highest BCUT2D eigenvalue weighted by Gasteiger charge is 2.11. The van der Waals surface area contributed by atoms with Gasteiger partial charge in [0.2, 0.25) is 5.91 Å². The molecule has 26 heavy (non-hydrogen) atoms. The molecule has 6 nitrogen and oxygen atoms in total. The number of rotatable bonds is 7. The molecule has 6 heteroatoms. The Balaban J connectivity index is 1.65. The van der Waals surface area contributed by atoms with Gasteiger partial charge in [-0.15, -0.1) is 0 Å². The molecule has 0 aliphatic carbocycles. The molecular formula is C20H25N5O. The average molecular weight is 351 g/mol. The van der Waals surface area contributed by atoms with Gasteiger partial charge in [0.1, 0.15) is 5.82 Å². The van der Waals surface area contributed by atoms with Crippen LogP contribution in [0.2, 0.25) is 0 Å². The smallest absolute Gasteiger partial charge is 0.238 e. The molecule has 0 spiro atoms. The molecule has 0 aliphatic rings. The van der Waals surface area contributed by atoms with E-state index in [1.54, 1.807) is 12.4 Å². The van der Waals surface area contributed by atoms with Gasteiger partial charge in [-0.25, -0.2) is 4.98 Å². The summed E-state index contributed by atoms with van der Waals surface area (Å²) in [5.41, 5.74) is 3.95. The van der Waals surface area contributed by atoms with Crippen molar-refractivity contribution in [2.24, 2.45) is 0 Å². The van der Waals surface area contributed by atoms with Gasteiger partial charge in [-0.05, 0) is 49.9 Å². The number of nitrogens with zero attached hydrogens (tertiary/aromatic N) is 4. The zero-order valence-electron chi connectivity index (χ0n) is 15.6. The van der Waals surface area contributed by atoms with E-state index in [1.807, 2.05) is 42.3 Å². The molecule has 0 saturated heterocycles. The Hall–Kier alpha value is -2.73.